The quantitative estimate of drug-likeness (QED) is 0.581. The van der Waals surface area contributed by atoms with Gasteiger partial charge >= 0.3 is 5.97 Å². The summed E-state index contributed by atoms with van der Waals surface area (Å²) >= 11 is 3.48. The van der Waals surface area contributed by atoms with Gasteiger partial charge in [0.25, 0.3) is 0 Å². The van der Waals surface area contributed by atoms with Crippen LogP contribution in [0.25, 0.3) is 33.2 Å². The Morgan fingerprint density at radius 1 is 1.14 bits per heavy atom. The molecule has 1 aromatic carbocycles. The molecular formula is C14H6BrNO5. The first kappa shape index (κ1) is 12.2. The van der Waals surface area contributed by atoms with Crippen molar-refractivity contribution in [1.29, 1.82) is 0 Å². The second-order valence-electron chi connectivity index (χ2n) is 4.40. The van der Waals surface area contributed by atoms with Gasteiger partial charge in [0.05, 0.1) is 22.6 Å². The van der Waals surface area contributed by atoms with Gasteiger partial charge in [-0.3, -0.25) is 0 Å². The molecule has 0 aliphatic heterocycles. The monoisotopic (exact) mass is 347 g/mol. The highest BCUT2D eigenvalue weighted by Gasteiger charge is 2.22. The Bertz CT molecular complexity index is 942. The van der Waals surface area contributed by atoms with E-state index in [4.69, 9.17) is 18.5 Å². The van der Waals surface area contributed by atoms with Crippen molar-refractivity contribution in [2.24, 2.45) is 0 Å². The third-order valence-electron chi connectivity index (χ3n) is 3.24. The Balaban J connectivity index is 2.13. The van der Waals surface area contributed by atoms with E-state index < -0.39 is 5.97 Å². The minimum absolute atomic E-state index is 0.232. The first-order valence-corrected chi connectivity index (χ1v) is 6.72. The van der Waals surface area contributed by atoms with Crippen LogP contribution >= 0.6 is 15.9 Å². The summed E-state index contributed by atoms with van der Waals surface area (Å²) in [7, 11) is 0. The zero-order valence-corrected chi connectivity index (χ0v) is 11.9. The van der Waals surface area contributed by atoms with Crippen LogP contribution in [0.5, 0.6) is 0 Å². The summed E-state index contributed by atoms with van der Waals surface area (Å²) < 4.78 is 16.6. The molecule has 0 saturated heterocycles. The number of carbonyl (C=O) groups is 1. The lowest BCUT2D eigenvalue weighted by Gasteiger charge is -2.02. The van der Waals surface area contributed by atoms with E-state index in [1.165, 1.54) is 6.07 Å². The maximum atomic E-state index is 10.9. The van der Waals surface area contributed by atoms with Crippen molar-refractivity contribution in [2.75, 3.05) is 0 Å². The van der Waals surface area contributed by atoms with Crippen molar-refractivity contribution in [3.05, 3.63) is 41.0 Å². The molecule has 104 valence electrons. The minimum atomic E-state index is -1.18. The number of halogens is 1. The van der Waals surface area contributed by atoms with Gasteiger partial charge in [-0.05, 0) is 28.1 Å². The molecule has 3 heterocycles. The Labute approximate surface area is 125 Å². The van der Waals surface area contributed by atoms with Crippen molar-refractivity contribution >= 4 is 43.8 Å². The van der Waals surface area contributed by atoms with Gasteiger partial charge in [-0.2, -0.15) is 0 Å². The third kappa shape index (κ3) is 1.64. The maximum Gasteiger partial charge on any atom is 0.374 e. The Morgan fingerprint density at radius 3 is 2.57 bits per heavy atom. The highest BCUT2D eigenvalue weighted by atomic mass is 79.9. The molecule has 0 aliphatic carbocycles. The summed E-state index contributed by atoms with van der Waals surface area (Å²) in [6.07, 6.45) is 3.10. The normalized spacial score (nSPS) is 11.5. The number of fused-ring (bicyclic) bond motifs is 2. The number of carboxylic acid groups (broad SMARTS) is 1. The summed E-state index contributed by atoms with van der Waals surface area (Å²) in [6.45, 7) is 0. The molecule has 0 atom stereocenters. The number of aromatic nitrogens is 1. The zero-order chi connectivity index (χ0) is 14.6. The molecule has 0 aliphatic rings. The Morgan fingerprint density at radius 2 is 1.86 bits per heavy atom. The molecule has 3 aromatic heterocycles. The first-order valence-electron chi connectivity index (χ1n) is 5.93. The fourth-order valence-electron chi connectivity index (χ4n) is 2.34. The molecule has 0 bridgehead atoms. The summed E-state index contributed by atoms with van der Waals surface area (Å²) in [4.78, 5) is 10.9. The van der Waals surface area contributed by atoms with Crippen LogP contribution in [0.1, 0.15) is 10.6 Å². The SMILES string of the molecule is O=C(O)c1cc(-c2c3ccoc3c(Br)c3ccoc23)no1. The van der Waals surface area contributed by atoms with Crippen LogP contribution in [-0.2, 0) is 0 Å². The molecule has 0 radical (unpaired) electrons. The van der Waals surface area contributed by atoms with Crippen LogP contribution in [0.4, 0.5) is 0 Å². The fraction of sp³-hybridized carbons (Fsp3) is 0. The molecule has 6 nitrogen and oxygen atoms in total. The number of hydrogen-bond donors (Lipinski definition) is 1. The Kier molecular flexibility index (Phi) is 2.46. The van der Waals surface area contributed by atoms with Crippen molar-refractivity contribution < 1.29 is 23.3 Å². The summed E-state index contributed by atoms with van der Waals surface area (Å²) in [6, 6.07) is 4.93. The number of nitrogens with zero attached hydrogens (tertiary/aromatic N) is 1. The predicted molar refractivity (Wildman–Crippen MR) is 76.1 cm³/mol. The van der Waals surface area contributed by atoms with Crippen LogP contribution in [0.2, 0.25) is 0 Å². The molecule has 0 unspecified atom stereocenters. The molecule has 21 heavy (non-hydrogen) atoms. The largest absolute Gasteiger partial charge is 0.475 e. The standard InChI is InChI=1S/C14H6BrNO5/c15-11-7-2-4-19-12(7)10(6-1-3-20-13(6)11)8-5-9(14(17)18)21-16-8/h1-5H,(H,17,18). The molecule has 0 fully saturated rings. The molecule has 1 N–H and O–H groups in total. The minimum Gasteiger partial charge on any atom is -0.475 e. The van der Waals surface area contributed by atoms with Gasteiger partial charge in [0.15, 0.2) is 0 Å². The van der Waals surface area contributed by atoms with Crippen molar-refractivity contribution in [1.82, 2.24) is 5.16 Å². The van der Waals surface area contributed by atoms with Gasteiger partial charge in [-0.25, -0.2) is 4.79 Å². The number of aromatic carboxylic acids is 1. The second kappa shape index (κ2) is 4.23. The molecule has 4 rings (SSSR count). The van der Waals surface area contributed by atoms with Crippen molar-refractivity contribution in [3.8, 4) is 11.3 Å². The van der Waals surface area contributed by atoms with E-state index in [0.29, 0.717) is 22.4 Å². The van der Waals surface area contributed by atoms with Crippen molar-refractivity contribution in [3.63, 3.8) is 0 Å². The lowest BCUT2D eigenvalue weighted by atomic mass is 10.0. The number of benzene rings is 1. The topological polar surface area (TPSA) is 89.6 Å². The average molecular weight is 348 g/mol. The van der Waals surface area contributed by atoms with Gasteiger partial charge in [-0.1, -0.05) is 5.16 Å². The van der Waals surface area contributed by atoms with E-state index in [1.54, 1.807) is 24.7 Å². The molecular weight excluding hydrogens is 342 g/mol. The number of carboxylic acids is 1. The molecule has 4 aromatic rings. The number of rotatable bonds is 2. The highest BCUT2D eigenvalue weighted by molar-refractivity contribution is 9.10. The van der Waals surface area contributed by atoms with Crippen LogP contribution in [0.15, 0.2) is 48.6 Å². The molecule has 0 spiro atoms. The molecule has 0 saturated carbocycles. The van der Waals surface area contributed by atoms with Gasteiger partial charge in [-0.15, -0.1) is 0 Å². The van der Waals surface area contributed by atoms with Gasteiger partial charge in [0.2, 0.25) is 5.76 Å². The second-order valence-corrected chi connectivity index (χ2v) is 5.19. The number of hydrogen-bond acceptors (Lipinski definition) is 5. The van der Waals surface area contributed by atoms with E-state index in [0.717, 1.165) is 15.2 Å². The van der Waals surface area contributed by atoms with Gasteiger partial charge in [0.1, 0.15) is 16.9 Å². The highest BCUT2D eigenvalue weighted by Crippen LogP contribution is 2.42. The molecule has 7 heteroatoms. The fourth-order valence-corrected chi connectivity index (χ4v) is 2.96. The van der Waals surface area contributed by atoms with E-state index in [9.17, 15) is 4.79 Å². The van der Waals surface area contributed by atoms with E-state index >= 15 is 0 Å². The lowest BCUT2D eigenvalue weighted by molar-refractivity contribution is 0.0652. The zero-order valence-electron chi connectivity index (χ0n) is 10.3. The predicted octanol–water partition coefficient (Wildman–Crippen LogP) is 4.29. The summed E-state index contributed by atoms with van der Waals surface area (Å²) in [5, 5.41) is 14.3. The van der Waals surface area contributed by atoms with Crippen LogP contribution in [0, 0.1) is 0 Å². The van der Waals surface area contributed by atoms with Crippen LogP contribution in [0.3, 0.4) is 0 Å². The first-order chi connectivity index (χ1) is 10.2. The molecule has 0 amide bonds. The average Bonchev–Trinajstić information content (AvgIpc) is 3.19. The van der Waals surface area contributed by atoms with E-state index in [1.807, 2.05) is 0 Å². The van der Waals surface area contributed by atoms with Crippen LogP contribution in [-0.4, -0.2) is 16.2 Å². The van der Waals surface area contributed by atoms with E-state index in [-0.39, 0.29) is 5.76 Å². The Hall–Kier alpha value is -2.54. The third-order valence-corrected chi connectivity index (χ3v) is 4.03. The summed E-state index contributed by atoms with van der Waals surface area (Å²) in [5.41, 5.74) is 2.24. The van der Waals surface area contributed by atoms with Crippen molar-refractivity contribution in [2.45, 2.75) is 0 Å². The maximum absolute atomic E-state index is 10.9. The van der Waals surface area contributed by atoms with E-state index in [2.05, 4.69) is 21.1 Å². The summed E-state index contributed by atoms with van der Waals surface area (Å²) in [5.74, 6) is -1.41. The lowest BCUT2D eigenvalue weighted by Crippen LogP contribution is -1.91. The smallest absolute Gasteiger partial charge is 0.374 e. The van der Waals surface area contributed by atoms with Gasteiger partial charge in [0, 0.05) is 16.8 Å². The van der Waals surface area contributed by atoms with Gasteiger partial charge < -0.3 is 18.5 Å². The number of furan rings is 2. The van der Waals surface area contributed by atoms with Crippen LogP contribution < -0.4 is 0 Å².